The number of amides is 2. The van der Waals surface area contributed by atoms with Crippen LogP contribution in [0.2, 0.25) is 0 Å². The zero-order chi connectivity index (χ0) is 22.1. The summed E-state index contributed by atoms with van der Waals surface area (Å²) in [5.41, 5.74) is 1.04. The quantitative estimate of drug-likeness (QED) is 0.495. The molecule has 0 aliphatic rings. The Hall–Kier alpha value is -3.25. The van der Waals surface area contributed by atoms with Crippen molar-refractivity contribution in [3.8, 4) is 11.5 Å². The second-order valence-corrected chi connectivity index (χ2v) is 8.22. The third-order valence-corrected chi connectivity index (χ3v) is 5.64. The van der Waals surface area contributed by atoms with Gasteiger partial charge >= 0.3 is 0 Å². The number of hydrogen-bond donors (Lipinski definition) is 1. The Kier molecular flexibility index (Phi) is 8.12. The Morgan fingerprint density at radius 2 is 1.48 bits per heavy atom. The summed E-state index contributed by atoms with van der Waals surface area (Å²) in [5, 5.41) is 2.78. The molecule has 6 heteroatoms. The van der Waals surface area contributed by atoms with E-state index >= 15 is 0 Å². The molecule has 1 N–H and O–H groups in total. The third kappa shape index (κ3) is 7.19. The number of hydrogen-bond acceptors (Lipinski definition) is 4. The first kappa shape index (κ1) is 22.4. The summed E-state index contributed by atoms with van der Waals surface area (Å²) in [7, 11) is 1.75. The highest BCUT2D eigenvalue weighted by molar-refractivity contribution is 7.99. The van der Waals surface area contributed by atoms with Crippen molar-refractivity contribution in [1.82, 2.24) is 10.2 Å². The Morgan fingerprint density at radius 3 is 2.10 bits per heavy atom. The molecule has 3 aromatic carbocycles. The molecule has 0 heterocycles. The Morgan fingerprint density at radius 1 is 0.903 bits per heavy atom. The second kappa shape index (κ2) is 11.2. The number of likely N-dealkylation sites (N-methyl/N-ethyl adjacent to an activating group) is 1. The molecule has 3 rings (SSSR count). The molecule has 0 fully saturated rings. The predicted molar refractivity (Wildman–Crippen MR) is 124 cm³/mol. The summed E-state index contributed by atoms with van der Waals surface area (Å²) < 4.78 is 5.81. The number of thioether (sulfide) groups is 1. The van der Waals surface area contributed by atoms with Gasteiger partial charge in [-0.15, -0.1) is 11.8 Å². The van der Waals surface area contributed by atoms with Crippen LogP contribution in [0, 0.1) is 0 Å². The Labute approximate surface area is 187 Å². The molecule has 0 aliphatic carbocycles. The van der Waals surface area contributed by atoms with Gasteiger partial charge in [-0.05, 0) is 42.0 Å². The summed E-state index contributed by atoms with van der Waals surface area (Å²) in [4.78, 5) is 27.2. The fraction of sp³-hybridized carbons (Fsp3) is 0.200. The van der Waals surface area contributed by atoms with Crippen LogP contribution in [0.1, 0.15) is 12.5 Å². The van der Waals surface area contributed by atoms with E-state index in [2.05, 4.69) is 5.32 Å². The molecular weight excluding hydrogens is 408 g/mol. The molecule has 0 spiro atoms. The van der Waals surface area contributed by atoms with Gasteiger partial charge in [0.25, 0.3) is 0 Å². The molecule has 0 aromatic heterocycles. The lowest BCUT2D eigenvalue weighted by Crippen LogP contribution is -2.48. The Balaban J connectivity index is 1.59. The molecule has 1 unspecified atom stereocenters. The summed E-state index contributed by atoms with van der Waals surface area (Å²) in [5.74, 6) is 1.62. The van der Waals surface area contributed by atoms with Crippen molar-refractivity contribution in [3.05, 3.63) is 90.5 Å². The standard InChI is InChI=1S/C25H26N2O3S/c1-19(28)26-24(25(29)27(2)17-20-9-5-3-6-10-20)18-31-23-15-13-22(14-16-23)30-21-11-7-4-8-12-21/h3-16,24H,17-18H2,1-2H3,(H,26,28). The first-order valence-electron chi connectivity index (χ1n) is 10.0. The van der Waals surface area contributed by atoms with Crippen LogP contribution in [0.3, 0.4) is 0 Å². The van der Waals surface area contributed by atoms with E-state index in [1.807, 2.05) is 84.9 Å². The lowest BCUT2D eigenvalue weighted by Gasteiger charge is -2.24. The molecule has 1 atom stereocenters. The minimum Gasteiger partial charge on any atom is -0.457 e. The van der Waals surface area contributed by atoms with Gasteiger partial charge in [0.15, 0.2) is 0 Å². The van der Waals surface area contributed by atoms with Gasteiger partial charge in [0.1, 0.15) is 17.5 Å². The number of rotatable bonds is 9. The largest absolute Gasteiger partial charge is 0.457 e. The van der Waals surface area contributed by atoms with Crippen LogP contribution >= 0.6 is 11.8 Å². The van der Waals surface area contributed by atoms with Gasteiger partial charge in [-0.3, -0.25) is 9.59 Å². The lowest BCUT2D eigenvalue weighted by molar-refractivity contribution is -0.134. The predicted octanol–water partition coefficient (Wildman–Crippen LogP) is 4.73. The normalized spacial score (nSPS) is 11.4. The van der Waals surface area contributed by atoms with Crippen molar-refractivity contribution in [3.63, 3.8) is 0 Å². The van der Waals surface area contributed by atoms with Crippen LogP contribution in [0.15, 0.2) is 89.8 Å². The van der Waals surface area contributed by atoms with Crippen LogP contribution in [0.25, 0.3) is 0 Å². The van der Waals surface area contributed by atoms with Gasteiger partial charge < -0.3 is 15.0 Å². The molecule has 0 radical (unpaired) electrons. The van der Waals surface area contributed by atoms with E-state index in [0.29, 0.717) is 12.3 Å². The molecule has 0 saturated heterocycles. The van der Waals surface area contributed by atoms with E-state index in [4.69, 9.17) is 4.74 Å². The molecular formula is C25H26N2O3S. The summed E-state index contributed by atoms with van der Waals surface area (Å²) in [6, 6.07) is 26.5. The monoisotopic (exact) mass is 434 g/mol. The van der Waals surface area contributed by atoms with Crippen molar-refractivity contribution in [2.24, 2.45) is 0 Å². The molecule has 0 saturated carbocycles. The van der Waals surface area contributed by atoms with Crippen molar-refractivity contribution in [1.29, 1.82) is 0 Å². The van der Waals surface area contributed by atoms with Gasteiger partial charge in [0, 0.05) is 31.2 Å². The molecule has 160 valence electrons. The van der Waals surface area contributed by atoms with E-state index in [1.165, 1.54) is 18.7 Å². The van der Waals surface area contributed by atoms with Gasteiger partial charge in [0.05, 0.1) is 0 Å². The molecule has 3 aromatic rings. The summed E-state index contributed by atoms with van der Waals surface area (Å²) >= 11 is 1.52. The maximum atomic E-state index is 12.9. The molecule has 0 bridgehead atoms. The number of ether oxygens (including phenoxy) is 1. The van der Waals surface area contributed by atoms with Crippen molar-refractivity contribution >= 4 is 23.6 Å². The maximum Gasteiger partial charge on any atom is 0.246 e. The van der Waals surface area contributed by atoms with Gasteiger partial charge in [-0.2, -0.15) is 0 Å². The number of benzene rings is 3. The minimum atomic E-state index is -0.601. The highest BCUT2D eigenvalue weighted by Crippen LogP contribution is 2.25. The fourth-order valence-corrected chi connectivity index (χ4v) is 3.94. The van der Waals surface area contributed by atoms with Crippen LogP contribution in [-0.2, 0) is 16.1 Å². The number of carbonyl (C=O) groups is 2. The number of para-hydroxylation sites is 1. The highest BCUT2D eigenvalue weighted by Gasteiger charge is 2.23. The molecule has 31 heavy (non-hydrogen) atoms. The highest BCUT2D eigenvalue weighted by atomic mass is 32.2. The zero-order valence-corrected chi connectivity index (χ0v) is 18.5. The van der Waals surface area contributed by atoms with Crippen LogP contribution in [0.4, 0.5) is 0 Å². The average molecular weight is 435 g/mol. The lowest BCUT2D eigenvalue weighted by atomic mass is 10.2. The van der Waals surface area contributed by atoms with E-state index in [9.17, 15) is 9.59 Å². The number of nitrogens with one attached hydrogen (secondary N) is 1. The minimum absolute atomic E-state index is 0.115. The number of nitrogens with zero attached hydrogens (tertiary/aromatic N) is 1. The van der Waals surface area contributed by atoms with Gasteiger partial charge in [-0.1, -0.05) is 48.5 Å². The maximum absolute atomic E-state index is 12.9. The van der Waals surface area contributed by atoms with Crippen molar-refractivity contribution in [2.75, 3.05) is 12.8 Å². The van der Waals surface area contributed by atoms with Crippen LogP contribution < -0.4 is 10.1 Å². The first-order valence-corrected chi connectivity index (χ1v) is 11.0. The SMILES string of the molecule is CC(=O)NC(CSc1ccc(Oc2ccccc2)cc1)C(=O)N(C)Cc1ccccc1. The van der Waals surface area contributed by atoms with Crippen molar-refractivity contribution < 1.29 is 14.3 Å². The fourth-order valence-electron chi connectivity index (χ4n) is 3.03. The Bertz CT molecular complexity index is 979. The third-order valence-electron chi connectivity index (χ3n) is 4.53. The van der Waals surface area contributed by atoms with Crippen molar-refractivity contribution in [2.45, 2.75) is 24.4 Å². The summed E-state index contributed by atoms with van der Waals surface area (Å²) in [6.07, 6.45) is 0. The average Bonchev–Trinajstić information content (AvgIpc) is 2.78. The van der Waals surface area contributed by atoms with Crippen LogP contribution in [-0.4, -0.2) is 35.6 Å². The molecule has 5 nitrogen and oxygen atoms in total. The van der Waals surface area contributed by atoms with E-state index in [0.717, 1.165) is 22.0 Å². The number of carbonyl (C=O) groups excluding carboxylic acids is 2. The summed E-state index contributed by atoms with van der Waals surface area (Å²) in [6.45, 7) is 1.92. The van der Waals surface area contributed by atoms with Gasteiger partial charge in [-0.25, -0.2) is 0 Å². The molecule has 0 aliphatic heterocycles. The van der Waals surface area contributed by atoms with Crippen LogP contribution in [0.5, 0.6) is 11.5 Å². The first-order chi connectivity index (χ1) is 15.0. The van der Waals surface area contributed by atoms with Gasteiger partial charge in [0.2, 0.25) is 11.8 Å². The topological polar surface area (TPSA) is 58.6 Å². The smallest absolute Gasteiger partial charge is 0.246 e. The van der Waals surface area contributed by atoms with E-state index in [1.54, 1.807) is 11.9 Å². The van der Waals surface area contributed by atoms with E-state index < -0.39 is 6.04 Å². The molecule has 2 amide bonds. The van der Waals surface area contributed by atoms with E-state index in [-0.39, 0.29) is 11.8 Å². The second-order valence-electron chi connectivity index (χ2n) is 7.13. The zero-order valence-electron chi connectivity index (χ0n) is 17.7.